The SMILES string of the molecule is CCN(C(=O)c1ccc(Cl)cc1O)C(C)C. The zero-order valence-electron chi connectivity index (χ0n) is 9.70. The number of carbonyl (C=O) groups excluding carboxylic acids is 1. The van der Waals surface area contributed by atoms with E-state index < -0.39 is 0 Å². The quantitative estimate of drug-likeness (QED) is 0.884. The first kappa shape index (κ1) is 12.8. The Morgan fingerprint density at radius 2 is 2.12 bits per heavy atom. The van der Waals surface area contributed by atoms with E-state index in [2.05, 4.69) is 0 Å². The molecule has 0 bridgehead atoms. The minimum atomic E-state index is -0.174. The van der Waals surface area contributed by atoms with Crippen molar-refractivity contribution in [2.24, 2.45) is 0 Å². The van der Waals surface area contributed by atoms with Crippen molar-refractivity contribution in [3.05, 3.63) is 28.8 Å². The van der Waals surface area contributed by atoms with Gasteiger partial charge < -0.3 is 10.0 Å². The van der Waals surface area contributed by atoms with Crippen LogP contribution >= 0.6 is 11.6 Å². The topological polar surface area (TPSA) is 40.5 Å². The van der Waals surface area contributed by atoms with Gasteiger partial charge in [-0.1, -0.05) is 11.6 Å². The molecule has 0 spiro atoms. The van der Waals surface area contributed by atoms with E-state index in [9.17, 15) is 9.90 Å². The van der Waals surface area contributed by atoms with E-state index in [0.717, 1.165) is 0 Å². The summed E-state index contributed by atoms with van der Waals surface area (Å²) in [5, 5.41) is 10.1. The summed E-state index contributed by atoms with van der Waals surface area (Å²) in [5.41, 5.74) is 0.292. The van der Waals surface area contributed by atoms with Gasteiger partial charge in [0, 0.05) is 17.6 Å². The van der Waals surface area contributed by atoms with E-state index in [0.29, 0.717) is 17.1 Å². The van der Waals surface area contributed by atoms with E-state index in [1.54, 1.807) is 17.0 Å². The van der Waals surface area contributed by atoms with Gasteiger partial charge in [0.25, 0.3) is 5.91 Å². The molecule has 1 aromatic rings. The van der Waals surface area contributed by atoms with Crippen molar-refractivity contribution in [2.75, 3.05) is 6.54 Å². The van der Waals surface area contributed by atoms with Crippen LogP contribution in [0.15, 0.2) is 18.2 Å². The molecule has 16 heavy (non-hydrogen) atoms. The summed E-state index contributed by atoms with van der Waals surface area (Å²) >= 11 is 5.71. The standard InChI is InChI=1S/C12H16ClNO2/c1-4-14(8(2)3)12(16)10-6-5-9(13)7-11(10)15/h5-8,15H,4H2,1-3H3. The lowest BCUT2D eigenvalue weighted by molar-refractivity contribution is 0.0714. The Morgan fingerprint density at radius 1 is 1.50 bits per heavy atom. The smallest absolute Gasteiger partial charge is 0.257 e. The number of benzene rings is 1. The molecule has 0 fully saturated rings. The molecule has 88 valence electrons. The van der Waals surface area contributed by atoms with E-state index in [1.165, 1.54) is 6.07 Å². The predicted molar refractivity (Wildman–Crippen MR) is 65.0 cm³/mol. The zero-order valence-corrected chi connectivity index (χ0v) is 10.5. The number of amides is 1. The van der Waals surface area contributed by atoms with Crippen LogP contribution in [-0.4, -0.2) is 28.5 Å². The highest BCUT2D eigenvalue weighted by Gasteiger charge is 2.19. The summed E-state index contributed by atoms with van der Waals surface area (Å²) < 4.78 is 0. The molecule has 0 saturated carbocycles. The van der Waals surface area contributed by atoms with Crippen molar-refractivity contribution in [3.8, 4) is 5.75 Å². The van der Waals surface area contributed by atoms with Gasteiger partial charge in [-0.25, -0.2) is 0 Å². The molecule has 0 saturated heterocycles. The van der Waals surface area contributed by atoms with Crippen LogP contribution < -0.4 is 0 Å². The van der Waals surface area contributed by atoms with Gasteiger partial charge in [-0.2, -0.15) is 0 Å². The maximum atomic E-state index is 12.1. The van der Waals surface area contributed by atoms with Crippen LogP contribution in [0.25, 0.3) is 0 Å². The molecule has 1 aromatic carbocycles. The Hall–Kier alpha value is -1.22. The van der Waals surface area contributed by atoms with Crippen LogP contribution in [-0.2, 0) is 0 Å². The number of nitrogens with zero attached hydrogens (tertiary/aromatic N) is 1. The van der Waals surface area contributed by atoms with Crippen LogP contribution in [0.3, 0.4) is 0 Å². The first-order valence-corrected chi connectivity index (χ1v) is 5.64. The fourth-order valence-corrected chi connectivity index (χ4v) is 1.75. The first-order valence-electron chi connectivity index (χ1n) is 5.26. The van der Waals surface area contributed by atoms with Crippen molar-refractivity contribution in [1.29, 1.82) is 0 Å². The molecule has 0 heterocycles. The second-order valence-electron chi connectivity index (χ2n) is 3.85. The molecule has 0 aliphatic carbocycles. The largest absolute Gasteiger partial charge is 0.507 e. The Morgan fingerprint density at radius 3 is 2.56 bits per heavy atom. The van der Waals surface area contributed by atoms with Gasteiger partial charge in [-0.3, -0.25) is 4.79 Å². The molecule has 1 N–H and O–H groups in total. The lowest BCUT2D eigenvalue weighted by Gasteiger charge is -2.25. The molecule has 3 nitrogen and oxygen atoms in total. The van der Waals surface area contributed by atoms with Gasteiger partial charge >= 0.3 is 0 Å². The van der Waals surface area contributed by atoms with Crippen LogP contribution in [0.2, 0.25) is 5.02 Å². The highest BCUT2D eigenvalue weighted by Crippen LogP contribution is 2.23. The third-order valence-corrected chi connectivity index (χ3v) is 2.65. The van der Waals surface area contributed by atoms with E-state index in [4.69, 9.17) is 11.6 Å². The number of carbonyl (C=O) groups is 1. The lowest BCUT2D eigenvalue weighted by atomic mass is 10.1. The number of phenols is 1. The minimum absolute atomic E-state index is 0.0726. The predicted octanol–water partition coefficient (Wildman–Crippen LogP) is 2.92. The molecule has 0 unspecified atom stereocenters. The summed E-state index contributed by atoms with van der Waals surface area (Å²) in [4.78, 5) is 13.8. The van der Waals surface area contributed by atoms with Crippen molar-refractivity contribution < 1.29 is 9.90 Å². The number of aromatic hydroxyl groups is 1. The lowest BCUT2D eigenvalue weighted by Crippen LogP contribution is -2.36. The van der Waals surface area contributed by atoms with Crippen LogP contribution in [0.1, 0.15) is 31.1 Å². The average Bonchev–Trinajstić information content (AvgIpc) is 2.17. The van der Waals surface area contributed by atoms with Gasteiger partial charge in [0.15, 0.2) is 0 Å². The van der Waals surface area contributed by atoms with Gasteiger partial charge in [-0.05, 0) is 39.0 Å². The molecule has 4 heteroatoms. The number of halogens is 1. The Balaban J connectivity index is 3.04. The number of hydrogen-bond donors (Lipinski definition) is 1. The van der Waals surface area contributed by atoms with Crippen molar-refractivity contribution in [1.82, 2.24) is 4.90 Å². The molecule has 0 aromatic heterocycles. The van der Waals surface area contributed by atoms with Gasteiger partial charge in [0.2, 0.25) is 0 Å². The summed E-state index contributed by atoms with van der Waals surface area (Å²) in [6.45, 7) is 6.40. The van der Waals surface area contributed by atoms with Crippen LogP contribution in [0.4, 0.5) is 0 Å². The van der Waals surface area contributed by atoms with Crippen LogP contribution in [0.5, 0.6) is 5.75 Å². The fourth-order valence-electron chi connectivity index (χ4n) is 1.58. The monoisotopic (exact) mass is 241 g/mol. The third kappa shape index (κ3) is 2.67. The summed E-state index contributed by atoms with van der Waals surface area (Å²) in [7, 11) is 0. The van der Waals surface area contributed by atoms with Crippen molar-refractivity contribution in [2.45, 2.75) is 26.8 Å². The average molecular weight is 242 g/mol. The summed E-state index contributed by atoms with van der Waals surface area (Å²) in [6, 6.07) is 4.63. The Bertz CT molecular complexity index is 391. The number of hydrogen-bond acceptors (Lipinski definition) is 2. The number of rotatable bonds is 3. The summed E-state index contributed by atoms with van der Waals surface area (Å²) in [6.07, 6.45) is 0. The molecule has 0 aliphatic rings. The highest BCUT2D eigenvalue weighted by molar-refractivity contribution is 6.30. The maximum absolute atomic E-state index is 12.1. The zero-order chi connectivity index (χ0) is 12.3. The Labute approximate surface area is 101 Å². The third-order valence-electron chi connectivity index (χ3n) is 2.42. The van der Waals surface area contributed by atoms with Gasteiger partial charge in [-0.15, -0.1) is 0 Å². The second kappa shape index (κ2) is 5.21. The molecule has 1 rings (SSSR count). The van der Waals surface area contributed by atoms with Crippen molar-refractivity contribution in [3.63, 3.8) is 0 Å². The number of phenolic OH excluding ortho intramolecular Hbond substituents is 1. The van der Waals surface area contributed by atoms with E-state index >= 15 is 0 Å². The molecular formula is C12H16ClNO2. The summed E-state index contributed by atoms with van der Waals surface area (Å²) in [5.74, 6) is -0.247. The normalized spacial score (nSPS) is 10.6. The highest BCUT2D eigenvalue weighted by atomic mass is 35.5. The van der Waals surface area contributed by atoms with E-state index in [1.807, 2.05) is 20.8 Å². The molecule has 0 radical (unpaired) electrons. The minimum Gasteiger partial charge on any atom is -0.507 e. The Kier molecular flexibility index (Phi) is 4.19. The second-order valence-corrected chi connectivity index (χ2v) is 4.28. The van der Waals surface area contributed by atoms with Crippen molar-refractivity contribution >= 4 is 17.5 Å². The first-order chi connectivity index (χ1) is 7.47. The molecule has 0 aliphatic heterocycles. The van der Waals surface area contributed by atoms with E-state index in [-0.39, 0.29) is 17.7 Å². The van der Waals surface area contributed by atoms with Gasteiger partial charge in [0.05, 0.1) is 5.56 Å². The molecule has 0 atom stereocenters. The van der Waals surface area contributed by atoms with Crippen LogP contribution in [0, 0.1) is 0 Å². The van der Waals surface area contributed by atoms with Gasteiger partial charge in [0.1, 0.15) is 5.75 Å². The fraction of sp³-hybridized carbons (Fsp3) is 0.417. The molecule has 1 amide bonds. The maximum Gasteiger partial charge on any atom is 0.257 e. The molecular weight excluding hydrogens is 226 g/mol.